The van der Waals surface area contributed by atoms with Gasteiger partial charge in [0.25, 0.3) is 0 Å². The van der Waals surface area contributed by atoms with Crippen molar-refractivity contribution in [3.63, 3.8) is 0 Å². The van der Waals surface area contributed by atoms with E-state index in [1.165, 1.54) is 11.6 Å². The first kappa shape index (κ1) is 23.5. The Kier molecular flexibility index (Phi) is 8.00. The summed E-state index contributed by atoms with van der Waals surface area (Å²) in [5.41, 5.74) is 3.99. The van der Waals surface area contributed by atoms with Crippen LogP contribution < -0.4 is 19.5 Å². The molecule has 0 radical (unpaired) electrons. The lowest BCUT2D eigenvalue weighted by Crippen LogP contribution is -2.06. The van der Waals surface area contributed by atoms with Crippen LogP contribution in [0.1, 0.15) is 34.0 Å². The molecule has 0 saturated carbocycles. The molecule has 0 aliphatic heterocycles. The molecular formula is C25H26BrNO5. The van der Waals surface area contributed by atoms with Gasteiger partial charge in [-0.15, -0.1) is 0 Å². The molecule has 7 heteroatoms. The quantitative estimate of drug-likeness (QED) is 0.353. The van der Waals surface area contributed by atoms with E-state index in [-0.39, 0.29) is 5.56 Å². The number of aromatic carboxylic acids is 1. The Bertz CT molecular complexity index is 1080. The van der Waals surface area contributed by atoms with Crippen molar-refractivity contribution in [2.75, 3.05) is 19.0 Å². The number of aryl methyl sites for hydroxylation is 1. The number of methoxy groups -OCH3 is 1. The van der Waals surface area contributed by atoms with Crippen LogP contribution in [0.15, 0.2) is 59.1 Å². The van der Waals surface area contributed by atoms with Gasteiger partial charge in [-0.1, -0.05) is 29.8 Å². The van der Waals surface area contributed by atoms with Crippen LogP contribution in [0.25, 0.3) is 0 Å². The molecule has 3 aromatic rings. The predicted molar refractivity (Wildman–Crippen MR) is 128 cm³/mol. The standard InChI is InChI=1S/C25H26BrNO5/c1-4-31-23-12-18(14-27-21-13-19(25(28)29)9-10-22(21)30-3)11-20(26)24(23)32-15-17-7-5-16(2)6-8-17/h5-13,27H,4,14-15H2,1-3H3,(H,28,29). The molecule has 3 rings (SSSR count). The lowest BCUT2D eigenvalue weighted by molar-refractivity contribution is 0.0697. The van der Waals surface area contributed by atoms with Gasteiger partial charge in [0, 0.05) is 6.54 Å². The molecule has 6 nitrogen and oxygen atoms in total. The first-order chi connectivity index (χ1) is 15.4. The van der Waals surface area contributed by atoms with Crippen molar-refractivity contribution >= 4 is 27.6 Å². The van der Waals surface area contributed by atoms with E-state index in [0.717, 1.165) is 15.6 Å². The van der Waals surface area contributed by atoms with E-state index in [0.29, 0.717) is 42.7 Å². The van der Waals surface area contributed by atoms with Crippen molar-refractivity contribution in [1.29, 1.82) is 0 Å². The molecule has 168 valence electrons. The van der Waals surface area contributed by atoms with Gasteiger partial charge in [0.2, 0.25) is 0 Å². The third-order valence-electron chi connectivity index (χ3n) is 4.80. The van der Waals surface area contributed by atoms with Crippen LogP contribution in [0.4, 0.5) is 5.69 Å². The molecule has 0 bridgehead atoms. The van der Waals surface area contributed by atoms with Crippen LogP contribution in [0.2, 0.25) is 0 Å². The number of anilines is 1. The minimum absolute atomic E-state index is 0.185. The first-order valence-corrected chi connectivity index (χ1v) is 11.0. The molecule has 0 amide bonds. The first-order valence-electron chi connectivity index (χ1n) is 10.2. The second kappa shape index (κ2) is 10.9. The summed E-state index contributed by atoms with van der Waals surface area (Å²) in [5, 5.41) is 12.5. The van der Waals surface area contributed by atoms with Crippen molar-refractivity contribution < 1.29 is 24.1 Å². The highest BCUT2D eigenvalue weighted by molar-refractivity contribution is 9.10. The summed E-state index contributed by atoms with van der Waals surface area (Å²) in [6.07, 6.45) is 0. The molecule has 32 heavy (non-hydrogen) atoms. The van der Waals surface area contributed by atoms with Crippen molar-refractivity contribution in [2.24, 2.45) is 0 Å². The van der Waals surface area contributed by atoms with E-state index in [9.17, 15) is 9.90 Å². The maximum atomic E-state index is 11.3. The molecule has 0 aliphatic rings. The van der Waals surface area contributed by atoms with Crippen molar-refractivity contribution in [2.45, 2.75) is 27.0 Å². The molecule has 0 unspecified atom stereocenters. The number of carboxylic acids is 1. The lowest BCUT2D eigenvalue weighted by Gasteiger charge is -2.17. The minimum atomic E-state index is -0.993. The Morgan fingerprint density at radius 2 is 1.75 bits per heavy atom. The number of nitrogens with one attached hydrogen (secondary N) is 1. The molecule has 2 N–H and O–H groups in total. The largest absolute Gasteiger partial charge is 0.495 e. The van der Waals surface area contributed by atoms with Crippen LogP contribution >= 0.6 is 15.9 Å². The second-order valence-electron chi connectivity index (χ2n) is 7.19. The number of hydrogen-bond acceptors (Lipinski definition) is 5. The van der Waals surface area contributed by atoms with Gasteiger partial charge in [-0.25, -0.2) is 4.79 Å². The number of carbonyl (C=O) groups is 1. The number of hydrogen-bond donors (Lipinski definition) is 2. The summed E-state index contributed by atoms with van der Waals surface area (Å²) in [7, 11) is 1.55. The van der Waals surface area contributed by atoms with Gasteiger partial charge in [0.1, 0.15) is 12.4 Å². The number of ether oxygens (including phenoxy) is 3. The number of rotatable bonds is 10. The number of halogens is 1. The molecule has 0 aliphatic carbocycles. The van der Waals surface area contributed by atoms with Gasteiger partial charge in [-0.2, -0.15) is 0 Å². The Morgan fingerprint density at radius 1 is 1.00 bits per heavy atom. The highest BCUT2D eigenvalue weighted by Crippen LogP contribution is 2.38. The summed E-state index contributed by atoms with van der Waals surface area (Å²) < 4.78 is 18.0. The summed E-state index contributed by atoms with van der Waals surface area (Å²) in [5.74, 6) is 0.850. The zero-order valence-electron chi connectivity index (χ0n) is 18.3. The molecule has 0 fully saturated rings. The molecule has 0 atom stereocenters. The zero-order chi connectivity index (χ0) is 23.1. The Labute approximate surface area is 196 Å². The van der Waals surface area contributed by atoms with Crippen molar-refractivity contribution in [3.05, 3.63) is 81.3 Å². The third-order valence-corrected chi connectivity index (χ3v) is 5.39. The molecule has 0 aromatic heterocycles. The average molecular weight is 500 g/mol. The van der Waals surface area contributed by atoms with Gasteiger partial charge in [0.05, 0.1) is 29.4 Å². The van der Waals surface area contributed by atoms with Crippen LogP contribution in [-0.2, 0) is 13.2 Å². The number of carboxylic acid groups (broad SMARTS) is 1. The number of benzene rings is 3. The maximum Gasteiger partial charge on any atom is 0.335 e. The third kappa shape index (κ3) is 5.95. The summed E-state index contributed by atoms with van der Waals surface area (Å²) in [6, 6.07) is 16.8. The molecule has 0 spiro atoms. The average Bonchev–Trinajstić information content (AvgIpc) is 2.78. The van der Waals surface area contributed by atoms with E-state index in [1.807, 2.05) is 31.2 Å². The summed E-state index contributed by atoms with van der Waals surface area (Å²) in [6.45, 7) is 5.34. The van der Waals surface area contributed by atoms with E-state index in [2.05, 4.69) is 40.3 Å². The van der Waals surface area contributed by atoms with E-state index >= 15 is 0 Å². The molecular weight excluding hydrogens is 474 g/mol. The van der Waals surface area contributed by atoms with Crippen LogP contribution in [0, 0.1) is 6.92 Å². The molecule has 0 saturated heterocycles. The van der Waals surface area contributed by atoms with Gasteiger partial charge >= 0.3 is 5.97 Å². The highest BCUT2D eigenvalue weighted by Gasteiger charge is 2.14. The van der Waals surface area contributed by atoms with E-state index in [4.69, 9.17) is 14.2 Å². The fourth-order valence-electron chi connectivity index (χ4n) is 3.14. The Balaban J connectivity index is 1.79. The minimum Gasteiger partial charge on any atom is -0.495 e. The Hall–Kier alpha value is -3.19. The van der Waals surface area contributed by atoms with Crippen molar-refractivity contribution in [1.82, 2.24) is 0 Å². The highest BCUT2D eigenvalue weighted by atomic mass is 79.9. The molecule has 3 aromatic carbocycles. The summed E-state index contributed by atoms with van der Waals surface area (Å²) in [4.78, 5) is 11.3. The SMILES string of the molecule is CCOc1cc(CNc2cc(C(=O)O)ccc2OC)cc(Br)c1OCc1ccc(C)cc1. The zero-order valence-corrected chi connectivity index (χ0v) is 19.9. The van der Waals surface area contributed by atoms with Crippen molar-refractivity contribution in [3.8, 4) is 17.2 Å². The van der Waals surface area contributed by atoms with Gasteiger partial charge in [-0.3, -0.25) is 0 Å². The Morgan fingerprint density at radius 3 is 2.41 bits per heavy atom. The second-order valence-corrected chi connectivity index (χ2v) is 8.04. The fourth-order valence-corrected chi connectivity index (χ4v) is 3.75. The topological polar surface area (TPSA) is 77.0 Å². The fraction of sp³-hybridized carbons (Fsp3) is 0.240. The van der Waals surface area contributed by atoms with Gasteiger partial charge < -0.3 is 24.6 Å². The maximum absolute atomic E-state index is 11.3. The van der Waals surface area contributed by atoms with Gasteiger partial charge in [0.15, 0.2) is 11.5 Å². The lowest BCUT2D eigenvalue weighted by atomic mass is 10.1. The van der Waals surface area contributed by atoms with Crippen LogP contribution in [0.3, 0.4) is 0 Å². The monoisotopic (exact) mass is 499 g/mol. The molecule has 0 heterocycles. The summed E-state index contributed by atoms with van der Waals surface area (Å²) >= 11 is 3.60. The van der Waals surface area contributed by atoms with E-state index < -0.39 is 5.97 Å². The van der Waals surface area contributed by atoms with Crippen LogP contribution in [-0.4, -0.2) is 24.8 Å². The predicted octanol–water partition coefficient (Wildman–Crippen LogP) is 6.05. The van der Waals surface area contributed by atoms with E-state index in [1.54, 1.807) is 19.2 Å². The normalized spacial score (nSPS) is 10.5. The van der Waals surface area contributed by atoms with Crippen LogP contribution in [0.5, 0.6) is 17.2 Å². The van der Waals surface area contributed by atoms with Gasteiger partial charge in [-0.05, 0) is 71.2 Å². The smallest absolute Gasteiger partial charge is 0.335 e.